The van der Waals surface area contributed by atoms with E-state index in [9.17, 15) is 14.7 Å². The number of hydrogen-bond acceptors (Lipinski definition) is 3. The molecule has 4 rings (SSSR count). The summed E-state index contributed by atoms with van der Waals surface area (Å²) < 4.78 is 6.04. The van der Waals surface area contributed by atoms with Gasteiger partial charge in [-0.2, -0.15) is 0 Å². The number of carbonyl (C=O) groups is 2. The van der Waals surface area contributed by atoms with E-state index in [1.165, 1.54) is 6.07 Å². The second-order valence-electron chi connectivity index (χ2n) is 7.25. The first kappa shape index (κ1) is 21.2. The molecular formula is C21H17BrCl2N2O4. The van der Waals surface area contributed by atoms with Gasteiger partial charge in [0.15, 0.2) is 0 Å². The summed E-state index contributed by atoms with van der Waals surface area (Å²) >= 11 is 15.8. The van der Waals surface area contributed by atoms with Crippen molar-refractivity contribution in [1.82, 2.24) is 10.3 Å². The number of hydrogen-bond donors (Lipinski definition) is 3. The second-order valence-corrected chi connectivity index (χ2v) is 8.89. The van der Waals surface area contributed by atoms with Crippen molar-refractivity contribution in [2.24, 2.45) is 0 Å². The zero-order valence-corrected chi connectivity index (χ0v) is 18.9. The third-order valence-corrected chi connectivity index (χ3v) is 6.92. The standard InChI is InChI=1S/C21H17BrCl2N2O4/c1-10-16-15(5-4-14(23)17(16)24)25-18(10)19(27)26-21(6-7-30-9-21)11-2-3-12(20(28)29)13(22)8-11/h2-5,8,25H,6-7,9H2,1H3,(H,26,27)(H,28,29). The normalized spacial score (nSPS) is 18.7. The van der Waals surface area contributed by atoms with Crippen LogP contribution in [-0.2, 0) is 10.3 Å². The van der Waals surface area contributed by atoms with Crippen LogP contribution in [-0.4, -0.2) is 35.2 Å². The molecule has 1 saturated heterocycles. The fourth-order valence-corrected chi connectivity index (χ4v) is 4.84. The van der Waals surface area contributed by atoms with Crippen LogP contribution in [0.15, 0.2) is 34.8 Å². The molecule has 6 nitrogen and oxygen atoms in total. The minimum Gasteiger partial charge on any atom is -0.478 e. The molecule has 1 atom stereocenters. The van der Waals surface area contributed by atoms with Gasteiger partial charge in [-0.3, -0.25) is 4.79 Å². The highest BCUT2D eigenvalue weighted by molar-refractivity contribution is 9.10. The maximum absolute atomic E-state index is 13.2. The summed E-state index contributed by atoms with van der Waals surface area (Å²) in [4.78, 5) is 27.7. The van der Waals surface area contributed by atoms with Gasteiger partial charge in [0, 0.05) is 28.4 Å². The minimum atomic E-state index is -1.03. The van der Waals surface area contributed by atoms with E-state index in [-0.39, 0.29) is 18.1 Å². The van der Waals surface area contributed by atoms with Gasteiger partial charge in [-0.25, -0.2) is 4.79 Å². The van der Waals surface area contributed by atoms with Crippen LogP contribution >= 0.6 is 39.1 Å². The van der Waals surface area contributed by atoms with E-state index in [4.69, 9.17) is 27.9 Å². The number of ether oxygens (including phenoxy) is 1. The van der Waals surface area contributed by atoms with Crippen molar-refractivity contribution in [3.63, 3.8) is 0 Å². The lowest BCUT2D eigenvalue weighted by Crippen LogP contribution is -2.46. The van der Waals surface area contributed by atoms with Crippen LogP contribution < -0.4 is 5.32 Å². The summed E-state index contributed by atoms with van der Waals surface area (Å²) in [5, 5.41) is 13.9. The number of carboxylic acids is 1. The molecule has 1 amide bonds. The average Bonchev–Trinajstić information content (AvgIpc) is 3.30. The molecule has 30 heavy (non-hydrogen) atoms. The number of rotatable bonds is 4. The van der Waals surface area contributed by atoms with E-state index in [2.05, 4.69) is 26.2 Å². The lowest BCUT2D eigenvalue weighted by molar-refractivity contribution is 0.0695. The molecule has 1 aliphatic heterocycles. The van der Waals surface area contributed by atoms with Crippen molar-refractivity contribution >= 4 is 61.9 Å². The first-order valence-corrected chi connectivity index (χ1v) is 10.7. The van der Waals surface area contributed by atoms with Gasteiger partial charge >= 0.3 is 5.97 Å². The van der Waals surface area contributed by atoms with E-state index in [0.717, 1.165) is 11.1 Å². The van der Waals surface area contributed by atoms with Gasteiger partial charge < -0.3 is 20.1 Å². The SMILES string of the molecule is Cc1c(C(=O)NC2(c3ccc(C(=O)O)c(Br)c3)CCOC2)[nH]c2ccc(Cl)c(Cl)c12. The number of aromatic amines is 1. The van der Waals surface area contributed by atoms with E-state index in [1.807, 2.05) is 6.92 Å². The highest BCUT2D eigenvalue weighted by Gasteiger charge is 2.39. The maximum atomic E-state index is 13.2. The molecule has 1 aromatic heterocycles. The number of fused-ring (bicyclic) bond motifs is 1. The molecule has 1 unspecified atom stereocenters. The van der Waals surface area contributed by atoms with Gasteiger partial charge in [-0.15, -0.1) is 0 Å². The second kappa shape index (κ2) is 7.89. The van der Waals surface area contributed by atoms with Gasteiger partial charge in [-0.05, 0) is 58.2 Å². The molecule has 1 aliphatic rings. The Balaban J connectivity index is 1.72. The third-order valence-electron chi connectivity index (χ3n) is 5.46. The van der Waals surface area contributed by atoms with E-state index >= 15 is 0 Å². The molecule has 0 saturated carbocycles. The van der Waals surface area contributed by atoms with Gasteiger partial charge in [0.25, 0.3) is 5.91 Å². The Labute approximate surface area is 190 Å². The largest absolute Gasteiger partial charge is 0.478 e. The molecule has 0 bridgehead atoms. The highest BCUT2D eigenvalue weighted by atomic mass is 79.9. The van der Waals surface area contributed by atoms with Crippen molar-refractivity contribution in [1.29, 1.82) is 0 Å². The smallest absolute Gasteiger partial charge is 0.336 e. The van der Waals surface area contributed by atoms with Crippen LogP contribution in [0.3, 0.4) is 0 Å². The fraction of sp³-hybridized carbons (Fsp3) is 0.238. The summed E-state index contributed by atoms with van der Waals surface area (Å²) in [5.74, 6) is -1.33. The number of aryl methyl sites for hydroxylation is 1. The van der Waals surface area contributed by atoms with Crippen LogP contribution in [0, 0.1) is 6.92 Å². The Morgan fingerprint density at radius 3 is 2.67 bits per heavy atom. The minimum absolute atomic E-state index is 0.150. The van der Waals surface area contributed by atoms with Crippen molar-refractivity contribution in [2.75, 3.05) is 13.2 Å². The van der Waals surface area contributed by atoms with E-state index in [1.54, 1.807) is 24.3 Å². The number of benzene rings is 2. The Hall–Kier alpha value is -2.06. The van der Waals surface area contributed by atoms with E-state index < -0.39 is 11.5 Å². The summed E-state index contributed by atoms with van der Waals surface area (Å²) in [6.07, 6.45) is 0.559. The number of H-pyrrole nitrogens is 1. The Bertz CT molecular complexity index is 1190. The first-order chi connectivity index (χ1) is 14.2. The molecule has 2 heterocycles. The molecule has 3 aromatic rings. The molecule has 2 aromatic carbocycles. The molecule has 0 spiro atoms. The lowest BCUT2D eigenvalue weighted by Gasteiger charge is -2.30. The summed E-state index contributed by atoms with van der Waals surface area (Å²) in [6.45, 7) is 2.57. The molecular weight excluding hydrogens is 495 g/mol. The van der Waals surface area contributed by atoms with Gasteiger partial charge in [0.2, 0.25) is 0 Å². The van der Waals surface area contributed by atoms with Crippen LogP contribution in [0.25, 0.3) is 10.9 Å². The predicted octanol–water partition coefficient (Wildman–Crippen LogP) is 5.29. The zero-order chi connectivity index (χ0) is 21.6. The molecule has 156 valence electrons. The number of carboxylic acid groups (broad SMARTS) is 1. The van der Waals surface area contributed by atoms with Crippen molar-refractivity contribution in [3.8, 4) is 0 Å². The number of carbonyl (C=O) groups excluding carboxylic acids is 1. The number of aromatic carboxylic acids is 1. The number of amides is 1. The third kappa shape index (κ3) is 3.50. The van der Waals surface area contributed by atoms with Crippen LogP contribution in [0.5, 0.6) is 0 Å². The van der Waals surface area contributed by atoms with Crippen LogP contribution in [0.2, 0.25) is 10.0 Å². The summed E-state index contributed by atoms with van der Waals surface area (Å²) in [5.41, 5.74) is 1.95. The molecule has 1 fully saturated rings. The molecule has 0 radical (unpaired) electrons. The summed E-state index contributed by atoms with van der Waals surface area (Å²) in [7, 11) is 0. The first-order valence-electron chi connectivity index (χ1n) is 9.13. The number of aromatic nitrogens is 1. The topological polar surface area (TPSA) is 91.4 Å². The van der Waals surface area contributed by atoms with Crippen LogP contribution in [0.4, 0.5) is 0 Å². The maximum Gasteiger partial charge on any atom is 0.336 e. The van der Waals surface area contributed by atoms with Crippen molar-refractivity contribution < 1.29 is 19.4 Å². The number of nitrogens with one attached hydrogen (secondary N) is 2. The molecule has 0 aliphatic carbocycles. The Morgan fingerprint density at radius 1 is 1.27 bits per heavy atom. The van der Waals surface area contributed by atoms with Gasteiger partial charge in [-0.1, -0.05) is 29.3 Å². The average molecular weight is 512 g/mol. The predicted molar refractivity (Wildman–Crippen MR) is 119 cm³/mol. The van der Waals surface area contributed by atoms with E-state index in [0.29, 0.717) is 44.2 Å². The lowest BCUT2D eigenvalue weighted by atomic mass is 9.88. The highest BCUT2D eigenvalue weighted by Crippen LogP contribution is 2.36. The summed E-state index contributed by atoms with van der Waals surface area (Å²) in [6, 6.07) is 8.40. The Kier molecular flexibility index (Phi) is 5.57. The Morgan fingerprint density at radius 2 is 2.03 bits per heavy atom. The van der Waals surface area contributed by atoms with Crippen molar-refractivity contribution in [3.05, 3.63) is 67.2 Å². The molecule has 9 heteroatoms. The van der Waals surface area contributed by atoms with Crippen molar-refractivity contribution in [2.45, 2.75) is 18.9 Å². The quantitative estimate of drug-likeness (QED) is 0.443. The van der Waals surface area contributed by atoms with Gasteiger partial charge in [0.05, 0.1) is 27.8 Å². The van der Waals surface area contributed by atoms with Gasteiger partial charge in [0.1, 0.15) is 5.69 Å². The number of halogens is 3. The monoisotopic (exact) mass is 510 g/mol. The molecule has 3 N–H and O–H groups in total. The fourth-order valence-electron chi connectivity index (χ4n) is 3.83. The zero-order valence-electron chi connectivity index (χ0n) is 15.8. The van der Waals surface area contributed by atoms with Crippen LogP contribution in [0.1, 0.15) is 38.4 Å².